The van der Waals surface area contributed by atoms with Gasteiger partial charge in [-0.25, -0.2) is 9.60 Å². The van der Waals surface area contributed by atoms with Crippen molar-refractivity contribution in [2.45, 2.75) is 5.54 Å². The third kappa shape index (κ3) is 5.01. The molecule has 0 spiro atoms. The molecule has 4 aromatic rings. The molecule has 0 atom stereocenters. The van der Waals surface area contributed by atoms with E-state index in [2.05, 4.69) is 10.6 Å². The summed E-state index contributed by atoms with van der Waals surface area (Å²) in [4.78, 5) is 25.8. The van der Waals surface area contributed by atoms with Gasteiger partial charge < -0.3 is 30.4 Å². The number of furan rings is 1. The maximum atomic E-state index is 13.5. The van der Waals surface area contributed by atoms with E-state index in [0.29, 0.717) is 33.3 Å². The Morgan fingerprint density at radius 3 is 2.24 bits per heavy atom. The van der Waals surface area contributed by atoms with Crippen LogP contribution in [0.3, 0.4) is 0 Å². The standard InChI is InChI=1S/C27H26FN3O7/c1-29-26(36)23-20-10-19(16-3-2-4-17(9-16)25(35)30-27(12-32,13-33)14-34)21(31-37)11-22(20)38-24(23)15-5-7-18(28)8-6-15/h2-11,31-34,37H,12-14H2,1H3,(H,29,36)(H,30,35)/p+1. The predicted octanol–water partition coefficient (Wildman–Crippen LogP) is 1.30. The van der Waals surface area contributed by atoms with Gasteiger partial charge in [0.05, 0.1) is 25.4 Å². The highest BCUT2D eigenvalue weighted by Gasteiger charge is 2.30. The van der Waals surface area contributed by atoms with E-state index >= 15 is 0 Å². The van der Waals surface area contributed by atoms with E-state index in [1.807, 2.05) is 0 Å². The SMILES string of the molecule is CNC(=O)c1c(-c2ccc(F)cc2)oc2cc([NH2+]O)c(-c3cccc(C(=O)NC(CO)(CO)CO)c3)cc12. The number of rotatable bonds is 9. The topological polar surface area (TPSA) is 169 Å². The van der Waals surface area contributed by atoms with Gasteiger partial charge in [-0.2, -0.15) is 5.48 Å². The molecule has 1 heterocycles. The van der Waals surface area contributed by atoms with Gasteiger partial charge in [0.25, 0.3) is 11.8 Å². The van der Waals surface area contributed by atoms with Crippen molar-refractivity contribution in [2.24, 2.45) is 0 Å². The maximum Gasteiger partial charge on any atom is 0.255 e. The first-order valence-corrected chi connectivity index (χ1v) is 11.6. The van der Waals surface area contributed by atoms with Crippen molar-refractivity contribution in [3.05, 3.63) is 77.6 Å². The number of quaternary nitrogens is 1. The zero-order valence-corrected chi connectivity index (χ0v) is 20.4. The summed E-state index contributed by atoms with van der Waals surface area (Å²) in [7, 11) is 1.47. The quantitative estimate of drug-likeness (QED) is 0.128. The van der Waals surface area contributed by atoms with E-state index in [-0.39, 0.29) is 16.9 Å². The average molecular weight is 525 g/mol. The van der Waals surface area contributed by atoms with Crippen LogP contribution in [0.1, 0.15) is 20.7 Å². The number of hydrogen-bond acceptors (Lipinski definition) is 7. The van der Waals surface area contributed by atoms with Gasteiger partial charge in [0.15, 0.2) is 5.69 Å². The van der Waals surface area contributed by atoms with Crippen LogP contribution in [0.25, 0.3) is 33.4 Å². The molecule has 10 nitrogen and oxygen atoms in total. The lowest BCUT2D eigenvalue weighted by Gasteiger charge is -2.28. The van der Waals surface area contributed by atoms with Gasteiger partial charge in [-0.3, -0.25) is 9.59 Å². The minimum absolute atomic E-state index is 0.164. The van der Waals surface area contributed by atoms with Crippen LogP contribution in [0.5, 0.6) is 0 Å². The molecule has 3 aromatic carbocycles. The molecule has 0 saturated carbocycles. The number of nitrogens with two attached hydrogens (primary N) is 1. The fourth-order valence-corrected chi connectivity index (χ4v) is 4.08. The van der Waals surface area contributed by atoms with Crippen molar-refractivity contribution in [1.29, 1.82) is 0 Å². The molecular formula is C27H27FN3O7+. The number of nitrogens with one attached hydrogen (secondary N) is 2. The third-order valence-electron chi connectivity index (χ3n) is 6.28. The molecular weight excluding hydrogens is 497 g/mol. The van der Waals surface area contributed by atoms with Crippen molar-refractivity contribution < 1.29 is 44.4 Å². The highest BCUT2D eigenvalue weighted by atomic mass is 19.1. The van der Waals surface area contributed by atoms with E-state index in [9.17, 15) is 34.5 Å². The first-order chi connectivity index (χ1) is 18.3. The highest BCUT2D eigenvalue weighted by Crippen LogP contribution is 2.38. The molecule has 11 heteroatoms. The molecule has 0 bridgehead atoms. The molecule has 198 valence electrons. The van der Waals surface area contributed by atoms with Gasteiger partial charge in [0, 0.05) is 35.2 Å². The number of halogens is 1. The van der Waals surface area contributed by atoms with E-state index in [0.717, 1.165) is 5.48 Å². The Bertz CT molecular complexity index is 1470. The minimum Gasteiger partial charge on any atom is -0.455 e. The van der Waals surface area contributed by atoms with Gasteiger partial charge >= 0.3 is 0 Å². The molecule has 0 aliphatic carbocycles. The second-order valence-electron chi connectivity index (χ2n) is 8.75. The number of carbonyl (C=O) groups is 2. The van der Waals surface area contributed by atoms with Gasteiger partial charge in [-0.1, -0.05) is 12.1 Å². The molecule has 0 saturated heterocycles. The summed E-state index contributed by atoms with van der Waals surface area (Å²) in [6, 6.07) is 15.0. The summed E-state index contributed by atoms with van der Waals surface area (Å²) in [5, 5.41) is 44.1. The third-order valence-corrected chi connectivity index (χ3v) is 6.28. The molecule has 0 aliphatic rings. The van der Waals surface area contributed by atoms with Crippen molar-refractivity contribution in [2.75, 3.05) is 26.9 Å². The summed E-state index contributed by atoms with van der Waals surface area (Å²) in [6.45, 7) is -2.03. The normalized spacial score (nSPS) is 11.5. The van der Waals surface area contributed by atoms with E-state index in [1.165, 1.54) is 43.4 Å². The molecule has 1 aromatic heterocycles. The summed E-state index contributed by atoms with van der Waals surface area (Å²) in [5.74, 6) is -1.30. The zero-order chi connectivity index (χ0) is 27.4. The van der Waals surface area contributed by atoms with Gasteiger partial charge in [0.1, 0.15) is 22.7 Å². The molecule has 0 radical (unpaired) electrons. The lowest BCUT2D eigenvalue weighted by Crippen LogP contribution is -2.74. The first kappa shape index (κ1) is 26.9. The van der Waals surface area contributed by atoms with Crippen LogP contribution in [-0.2, 0) is 0 Å². The zero-order valence-electron chi connectivity index (χ0n) is 20.4. The summed E-state index contributed by atoms with van der Waals surface area (Å²) < 4.78 is 19.5. The summed E-state index contributed by atoms with van der Waals surface area (Å²) >= 11 is 0. The summed E-state index contributed by atoms with van der Waals surface area (Å²) in [5.41, 5.74) is 1.76. The number of hydrogen-bond donors (Lipinski definition) is 7. The van der Waals surface area contributed by atoms with Crippen LogP contribution in [0, 0.1) is 5.82 Å². The van der Waals surface area contributed by atoms with Crippen molar-refractivity contribution in [3.63, 3.8) is 0 Å². The average Bonchev–Trinajstić information content (AvgIpc) is 3.33. The van der Waals surface area contributed by atoms with Gasteiger partial charge in [-0.15, -0.1) is 0 Å². The fraction of sp³-hybridized carbons (Fsp3) is 0.185. The molecule has 8 N–H and O–H groups in total. The van der Waals surface area contributed by atoms with Crippen molar-refractivity contribution in [1.82, 2.24) is 10.6 Å². The molecule has 2 amide bonds. The number of benzene rings is 3. The smallest absolute Gasteiger partial charge is 0.255 e. The fourth-order valence-electron chi connectivity index (χ4n) is 4.08. The Morgan fingerprint density at radius 1 is 0.947 bits per heavy atom. The summed E-state index contributed by atoms with van der Waals surface area (Å²) in [6.07, 6.45) is 0. The Morgan fingerprint density at radius 2 is 1.63 bits per heavy atom. The van der Waals surface area contributed by atoms with E-state index in [1.54, 1.807) is 24.3 Å². The molecule has 0 aliphatic heterocycles. The van der Waals surface area contributed by atoms with Crippen LogP contribution in [0.4, 0.5) is 10.1 Å². The maximum absolute atomic E-state index is 13.5. The van der Waals surface area contributed by atoms with Gasteiger partial charge in [0.2, 0.25) is 0 Å². The second-order valence-corrected chi connectivity index (χ2v) is 8.75. The number of amides is 2. The number of fused-ring (bicyclic) bond motifs is 1. The molecule has 0 unspecified atom stereocenters. The Labute approximate surface area is 216 Å². The van der Waals surface area contributed by atoms with Crippen LogP contribution < -0.4 is 16.1 Å². The Balaban J connectivity index is 1.85. The highest BCUT2D eigenvalue weighted by molar-refractivity contribution is 6.12. The minimum atomic E-state index is -1.61. The lowest BCUT2D eigenvalue weighted by atomic mass is 9.97. The number of aliphatic hydroxyl groups excluding tert-OH is 3. The van der Waals surface area contributed by atoms with Crippen LogP contribution in [-0.4, -0.2) is 64.7 Å². The number of carbonyl (C=O) groups excluding carboxylic acids is 2. The van der Waals surface area contributed by atoms with Crippen molar-refractivity contribution >= 4 is 28.5 Å². The predicted molar refractivity (Wildman–Crippen MR) is 135 cm³/mol. The van der Waals surface area contributed by atoms with Gasteiger partial charge in [-0.05, 0) is 48.0 Å². The number of aliphatic hydroxyl groups is 3. The van der Waals surface area contributed by atoms with E-state index < -0.39 is 43.0 Å². The molecule has 0 fully saturated rings. The largest absolute Gasteiger partial charge is 0.455 e. The van der Waals surface area contributed by atoms with Crippen LogP contribution >= 0.6 is 0 Å². The molecule has 38 heavy (non-hydrogen) atoms. The second kappa shape index (κ2) is 11.1. The van der Waals surface area contributed by atoms with Crippen LogP contribution in [0.15, 0.2) is 65.1 Å². The lowest BCUT2D eigenvalue weighted by molar-refractivity contribution is -0.825. The van der Waals surface area contributed by atoms with Crippen LogP contribution in [0.2, 0.25) is 0 Å². The monoisotopic (exact) mass is 524 g/mol. The first-order valence-electron chi connectivity index (χ1n) is 11.6. The Kier molecular flexibility index (Phi) is 7.86. The van der Waals surface area contributed by atoms with Crippen molar-refractivity contribution in [3.8, 4) is 22.5 Å². The molecule has 4 rings (SSSR count). The van der Waals surface area contributed by atoms with E-state index in [4.69, 9.17) is 4.42 Å². The Hall–Kier alpha value is -4.13.